The Balaban J connectivity index is 1.47. The van der Waals surface area contributed by atoms with Gasteiger partial charge in [-0.2, -0.15) is 0 Å². The predicted octanol–water partition coefficient (Wildman–Crippen LogP) is 4.63. The molecular weight excluding hydrogens is 461 g/mol. The van der Waals surface area contributed by atoms with E-state index in [1.165, 1.54) is 12.1 Å². The summed E-state index contributed by atoms with van der Waals surface area (Å²) < 4.78 is 19.2. The van der Waals surface area contributed by atoms with Gasteiger partial charge in [-0.15, -0.1) is 0 Å². The molecular formula is C25H21ClFN3O4. The van der Waals surface area contributed by atoms with Gasteiger partial charge in [-0.25, -0.2) is 4.39 Å². The number of carbonyl (C=O) groups is 1. The van der Waals surface area contributed by atoms with Crippen LogP contribution in [-0.2, 0) is 16.9 Å². The van der Waals surface area contributed by atoms with Crippen LogP contribution in [0.3, 0.4) is 0 Å². The summed E-state index contributed by atoms with van der Waals surface area (Å²) in [6, 6.07) is 16.4. The Morgan fingerprint density at radius 1 is 1.15 bits per heavy atom. The lowest BCUT2D eigenvalue weighted by molar-refractivity contribution is -0.532. The van der Waals surface area contributed by atoms with Crippen molar-refractivity contribution in [1.82, 2.24) is 5.32 Å². The molecule has 2 aliphatic rings. The van der Waals surface area contributed by atoms with Crippen molar-refractivity contribution in [3.05, 3.63) is 104 Å². The zero-order chi connectivity index (χ0) is 24.0. The van der Waals surface area contributed by atoms with Gasteiger partial charge in [0.2, 0.25) is 0 Å². The van der Waals surface area contributed by atoms with E-state index in [0.717, 1.165) is 0 Å². The van der Waals surface area contributed by atoms with Crippen molar-refractivity contribution in [1.29, 1.82) is 0 Å². The van der Waals surface area contributed by atoms with Crippen LogP contribution in [0.2, 0.25) is 5.02 Å². The molecule has 0 unspecified atom stereocenters. The molecule has 0 saturated carbocycles. The molecule has 34 heavy (non-hydrogen) atoms. The third kappa shape index (κ3) is 3.50. The highest BCUT2D eigenvalue weighted by Crippen LogP contribution is 2.50. The van der Waals surface area contributed by atoms with Crippen molar-refractivity contribution >= 4 is 23.2 Å². The summed E-state index contributed by atoms with van der Waals surface area (Å²) in [6.45, 7) is 1.95. The second-order valence-electron chi connectivity index (χ2n) is 8.61. The summed E-state index contributed by atoms with van der Waals surface area (Å²) >= 11 is 6.47. The topological polar surface area (TPSA) is 93.5 Å². The Labute approximate surface area is 200 Å². The van der Waals surface area contributed by atoms with Gasteiger partial charge < -0.3 is 10.1 Å². The molecule has 1 saturated heterocycles. The van der Waals surface area contributed by atoms with Gasteiger partial charge in [-0.05, 0) is 48.4 Å². The summed E-state index contributed by atoms with van der Waals surface area (Å²) in [7, 11) is 0. The van der Waals surface area contributed by atoms with E-state index in [-0.39, 0.29) is 28.4 Å². The number of rotatable bonds is 5. The number of carbonyl (C=O) groups excluding carboxylic acids is 1. The van der Waals surface area contributed by atoms with Gasteiger partial charge in [0, 0.05) is 22.2 Å². The normalized spacial score (nSPS) is 25.3. The highest BCUT2D eigenvalue weighted by molar-refractivity contribution is 6.32. The minimum Gasteiger partial charge on any atom is -0.487 e. The van der Waals surface area contributed by atoms with Crippen LogP contribution in [0, 0.1) is 15.9 Å². The van der Waals surface area contributed by atoms with Gasteiger partial charge in [-0.3, -0.25) is 20.2 Å². The van der Waals surface area contributed by atoms with Crippen molar-refractivity contribution in [2.24, 2.45) is 0 Å². The minimum absolute atomic E-state index is 0.121. The van der Waals surface area contributed by atoms with Gasteiger partial charge in [0.25, 0.3) is 11.9 Å². The van der Waals surface area contributed by atoms with Gasteiger partial charge in [0.05, 0.1) is 10.9 Å². The molecule has 3 aromatic carbocycles. The van der Waals surface area contributed by atoms with Crippen LogP contribution >= 0.6 is 11.6 Å². The SMILES string of the molecule is C[C@@H]1N[C@]2(C(=O)Nc3ccccc32)[C@H]([N+](=O)[O-])[C@@H]1c1ccc(OCc2cccc(F)c2)c(Cl)c1. The van der Waals surface area contributed by atoms with Crippen molar-refractivity contribution < 1.29 is 18.8 Å². The fourth-order valence-electron chi connectivity index (χ4n) is 5.18. The molecule has 9 heteroatoms. The number of anilines is 1. The van der Waals surface area contributed by atoms with Gasteiger partial charge in [-0.1, -0.05) is 48.0 Å². The van der Waals surface area contributed by atoms with Crippen LogP contribution in [0.15, 0.2) is 66.7 Å². The first kappa shape index (κ1) is 22.3. The molecule has 0 radical (unpaired) electrons. The van der Waals surface area contributed by atoms with Crippen molar-refractivity contribution in [2.45, 2.75) is 37.1 Å². The van der Waals surface area contributed by atoms with Crippen molar-refractivity contribution in [3.63, 3.8) is 0 Å². The summed E-state index contributed by atoms with van der Waals surface area (Å²) in [5.41, 5.74) is 0.924. The lowest BCUT2D eigenvalue weighted by Crippen LogP contribution is -2.54. The zero-order valence-corrected chi connectivity index (χ0v) is 18.9. The number of halogens is 2. The van der Waals surface area contributed by atoms with Crippen LogP contribution in [0.4, 0.5) is 10.1 Å². The maximum Gasteiger partial charge on any atom is 0.256 e. The molecule has 1 amide bonds. The summed E-state index contributed by atoms with van der Waals surface area (Å²) in [5, 5.41) is 18.7. The van der Waals surface area contributed by atoms with Crippen molar-refractivity contribution in [3.8, 4) is 5.75 Å². The molecule has 0 aromatic heterocycles. The molecule has 0 aliphatic carbocycles. The maximum atomic E-state index is 13.4. The van der Waals surface area contributed by atoms with Crippen LogP contribution < -0.4 is 15.4 Å². The number of para-hydroxylation sites is 1. The Morgan fingerprint density at radius 2 is 1.94 bits per heavy atom. The summed E-state index contributed by atoms with van der Waals surface area (Å²) in [6.07, 6.45) is 0. The van der Waals surface area contributed by atoms with E-state index in [4.69, 9.17) is 16.3 Å². The van der Waals surface area contributed by atoms with E-state index >= 15 is 0 Å². The van der Waals surface area contributed by atoms with E-state index in [0.29, 0.717) is 28.1 Å². The number of nitrogens with one attached hydrogen (secondary N) is 2. The monoisotopic (exact) mass is 481 g/mol. The Morgan fingerprint density at radius 3 is 2.68 bits per heavy atom. The molecule has 174 valence electrons. The molecule has 2 aliphatic heterocycles. The van der Waals surface area contributed by atoms with Gasteiger partial charge >= 0.3 is 0 Å². The van der Waals surface area contributed by atoms with E-state index < -0.39 is 23.4 Å². The van der Waals surface area contributed by atoms with E-state index in [9.17, 15) is 19.3 Å². The third-order valence-corrected chi connectivity index (χ3v) is 6.88. The molecule has 3 aromatic rings. The van der Waals surface area contributed by atoms with Crippen LogP contribution in [0.25, 0.3) is 0 Å². The fourth-order valence-corrected chi connectivity index (χ4v) is 5.43. The van der Waals surface area contributed by atoms with Crippen molar-refractivity contribution in [2.75, 3.05) is 5.32 Å². The molecule has 1 spiro atoms. The lowest BCUT2D eigenvalue weighted by atomic mass is 9.78. The number of hydrogen-bond donors (Lipinski definition) is 2. The molecule has 4 atom stereocenters. The number of benzene rings is 3. The molecule has 0 bridgehead atoms. The lowest BCUT2D eigenvalue weighted by Gasteiger charge is -2.25. The van der Waals surface area contributed by atoms with Crippen LogP contribution in [0.1, 0.15) is 29.5 Å². The average molecular weight is 482 g/mol. The number of nitro groups is 1. The first-order valence-corrected chi connectivity index (χ1v) is 11.2. The highest BCUT2D eigenvalue weighted by Gasteiger charge is 2.67. The standard InChI is InChI=1S/C25H21ClFN3O4/c1-14-22(16-9-10-21(19(26)12-16)34-13-15-5-4-6-17(27)11-15)23(30(32)33)25(29-14)18-7-2-3-8-20(18)28-24(25)31/h2-12,14,22-23,29H,13H2,1H3,(H,28,31)/t14-,22-,23+,25-/m0/s1. The average Bonchev–Trinajstić information content (AvgIpc) is 3.27. The van der Waals surface area contributed by atoms with E-state index in [2.05, 4.69) is 10.6 Å². The third-order valence-electron chi connectivity index (χ3n) is 6.59. The predicted molar refractivity (Wildman–Crippen MR) is 125 cm³/mol. The van der Waals surface area contributed by atoms with E-state index in [1.807, 2.05) is 6.92 Å². The van der Waals surface area contributed by atoms with Crippen LogP contribution in [-0.4, -0.2) is 22.9 Å². The smallest absolute Gasteiger partial charge is 0.256 e. The Kier molecular flexibility index (Phi) is 5.50. The molecule has 5 rings (SSSR count). The highest BCUT2D eigenvalue weighted by atomic mass is 35.5. The quantitative estimate of drug-likeness (QED) is 0.409. The molecule has 1 fully saturated rings. The van der Waals surface area contributed by atoms with E-state index in [1.54, 1.807) is 54.6 Å². The number of hydrogen-bond acceptors (Lipinski definition) is 5. The second kappa shape index (κ2) is 8.38. The van der Waals surface area contributed by atoms with Gasteiger partial charge in [0.15, 0.2) is 5.54 Å². The second-order valence-corrected chi connectivity index (χ2v) is 9.01. The molecule has 7 nitrogen and oxygen atoms in total. The summed E-state index contributed by atoms with van der Waals surface area (Å²) in [4.78, 5) is 25.1. The Bertz CT molecular complexity index is 1300. The maximum absolute atomic E-state index is 13.4. The minimum atomic E-state index is -1.48. The number of amides is 1. The first-order chi connectivity index (χ1) is 16.3. The number of fused-ring (bicyclic) bond motifs is 2. The summed E-state index contributed by atoms with van der Waals surface area (Å²) in [5.74, 6) is -1.04. The van der Waals surface area contributed by atoms with Gasteiger partial charge in [0.1, 0.15) is 18.2 Å². The molecule has 2 N–H and O–H groups in total. The number of nitrogens with zero attached hydrogens (tertiary/aromatic N) is 1. The fraction of sp³-hybridized carbons (Fsp3) is 0.240. The molecule has 2 heterocycles. The largest absolute Gasteiger partial charge is 0.487 e. The Hall–Kier alpha value is -3.49. The first-order valence-electron chi connectivity index (χ1n) is 10.8. The van der Waals surface area contributed by atoms with Crippen LogP contribution in [0.5, 0.6) is 5.75 Å². The number of ether oxygens (including phenoxy) is 1. The zero-order valence-electron chi connectivity index (χ0n) is 18.1.